The summed E-state index contributed by atoms with van der Waals surface area (Å²) in [4.78, 5) is 4.22. The molecule has 0 aliphatic carbocycles. The summed E-state index contributed by atoms with van der Waals surface area (Å²) in [7, 11) is -1.22. The van der Waals surface area contributed by atoms with Crippen LogP contribution in [0.4, 0.5) is 0 Å². The van der Waals surface area contributed by atoms with E-state index in [9.17, 15) is 8.42 Å². The maximum Gasteiger partial charge on any atom is 0.191 e. The molecule has 1 fully saturated rings. The predicted molar refractivity (Wildman–Crippen MR) is 125 cm³/mol. The highest BCUT2D eigenvalue weighted by Crippen LogP contribution is 2.25. The van der Waals surface area contributed by atoms with Crippen molar-refractivity contribution in [3.05, 3.63) is 33.8 Å². The molecule has 0 amide bonds. The molecule has 0 bridgehead atoms. The number of halogens is 3. The summed E-state index contributed by atoms with van der Waals surface area (Å²) in [5, 5.41) is 7.86. The summed E-state index contributed by atoms with van der Waals surface area (Å²) in [5.41, 5.74) is 1.07. The molecule has 0 aromatic heterocycles. The van der Waals surface area contributed by atoms with Crippen molar-refractivity contribution in [2.45, 2.75) is 32.7 Å². The molecule has 5 nitrogen and oxygen atoms in total. The van der Waals surface area contributed by atoms with E-state index in [1.165, 1.54) is 0 Å². The van der Waals surface area contributed by atoms with Crippen molar-refractivity contribution in [2.75, 3.05) is 25.1 Å². The molecule has 1 aromatic rings. The number of rotatable bonds is 6. The van der Waals surface area contributed by atoms with Gasteiger partial charge in [0.2, 0.25) is 0 Å². The highest BCUT2D eigenvalue weighted by Gasteiger charge is 2.28. The van der Waals surface area contributed by atoms with Crippen LogP contribution in [0.3, 0.4) is 0 Å². The number of sulfone groups is 1. The molecular weight excluding hydrogens is 520 g/mol. The van der Waals surface area contributed by atoms with Crippen molar-refractivity contribution in [3.63, 3.8) is 0 Å². The normalized spacial score (nSPS) is 20.2. The Bertz CT molecular complexity index is 757. The first-order chi connectivity index (χ1) is 12.2. The maximum absolute atomic E-state index is 11.6. The molecule has 2 unspecified atom stereocenters. The van der Waals surface area contributed by atoms with Crippen LogP contribution in [0.25, 0.3) is 0 Å². The van der Waals surface area contributed by atoms with E-state index in [0.717, 1.165) is 18.5 Å². The second-order valence-corrected chi connectivity index (χ2v) is 10.2. The van der Waals surface area contributed by atoms with E-state index in [1.807, 2.05) is 12.1 Å². The largest absolute Gasteiger partial charge is 0.356 e. The Morgan fingerprint density at radius 2 is 2.04 bits per heavy atom. The van der Waals surface area contributed by atoms with Crippen molar-refractivity contribution < 1.29 is 8.42 Å². The van der Waals surface area contributed by atoms with Crippen molar-refractivity contribution in [1.82, 2.24) is 10.6 Å². The SMILES string of the molecule is CN=C(NCC(Cc1ccc(Cl)cc1Cl)C(C)C)NC1CCS(=O)(=O)C1.I. The summed E-state index contributed by atoms with van der Waals surface area (Å²) >= 11 is 12.3. The van der Waals surface area contributed by atoms with Crippen molar-refractivity contribution in [1.29, 1.82) is 0 Å². The number of hydrogen-bond donors (Lipinski definition) is 2. The van der Waals surface area contributed by atoms with Crippen molar-refractivity contribution in [3.8, 4) is 0 Å². The van der Waals surface area contributed by atoms with Gasteiger partial charge in [-0.05, 0) is 42.4 Å². The van der Waals surface area contributed by atoms with Crippen LogP contribution in [0.1, 0.15) is 25.8 Å². The molecule has 2 N–H and O–H groups in total. The van der Waals surface area contributed by atoms with E-state index in [-0.39, 0.29) is 41.5 Å². The van der Waals surface area contributed by atoms with Crippen LogP contribution in [-0.4, -0.2) is 45.5 Å². The van der Waals surface area contributed by atoms with E-state index in [4.69, 9.17) is 23.2 Å². The van der Waals surface area contributed by atoms with Gasteiger partial charge in [0, 0.05) is 29.7 Å². The van der Waals surface area contributed by atoms with Crippen molar-refractivity contribution in [2.24, 2.45) is 16.8 Å². The lowest BCUT2D eigenvalue weighted by atomic mass is 9.89. The number of hydrogen-bond acceptors (Lipinski definition) is 3. The molecule has 0 saturated carbocycles. The van der Waals surface area contributed by atoms with E-state index < -0.39 is 9.84 Å². The molecule has 9 heteroatoms. The maximum atomic E-state index is 11.6. The molecule has 0 radical (unpaired) electrons. The van der Waals surface area contributed by atoms with Gasteiger partial charge in [0.05, 0.1) is 11.5 Å². The first-order valence-electron chi connectivity index (χ1n) is 8.81. The van der Waals surface area contributed by atoms with Crippen LogP contribution in [0.15, 0.2) is 23.2 Å². The monoisotopic (exact) mass is 547 g/mol. The standard InChI is InChI=1S/C18H27Cl2N3O2S.HI/c1-12(2)14(8-13-4-5-15(19)9-17(13)20)10-22-18(21-3)23-16-6-7-26(24,25)11-16;/h4-5,9,12,14,16H,6-8,10-11H2,1-3H3,(H2,21,22,23);1H. The molecule has 2 atom stereocenters. The quantitative estimate of drug-likeness (QED) is 0.323. The van der Waals surface area contributed by atoms with E-state index >= 15 is 0 Å². The number of aliphatic imine (C=N–C) groups is 1. The Morgan fingerprint density at radius 1 is 1.33 bits per heavy atom. The Labute approximate surface area is 189 Å². The van der Waals surface area contributed by atoms with Crippen LogP contribution < -0.4 is 10.6 Å². The molecule has 0 spiro atoms. The predicted octanol–water partition coefficient (Wildman–Crippen LogP) is 3.78. The third-order valence-corrected chi connectivity index (χ3v) is 7.12. The summed E-state index contributed by atoms with van der Waals surface area (Å²) in [5.74, 6) is 1.84. The van der Waals surface area contributed by atoms with Gasteiger partial charge in [0.25, 0.3) is 0 Å². The third-order valence-electron chi connectivity index (χ3n) is 4.77. The number of nitrogens with zero attached hydrogens (tertiary/aromatic N) is 1. The summed E-state index contributed by atoms with van der Waals surface area (Å²) in [6.45, 7) is 5.07. The molecule has 1 aliphatic rings. The molecule has 2 rings (SSSR count). The first kappa shape index (κ1) is 24.8. The third kappa shape index (κ3) is 7.95. The second kappa shape index (κ2) is 11.1. The Hall–Kier alpha value is -0.250. The van der Waals surface area contributed by atoms with Crippen LogP contribution in [0.5, 0.6) is 0 Å². The van der Waals surface area contributed by atoms with E-state index in [2.05, 4.69) is 29.5 Å². The second-order valence-electron chi connectivity index (χ2n) is 7.14. The molecule has 27 heavy (non-hydrogen) atoms. The summed E-state index contributed by atoms with van der Waals surface area (Å²) in [6.07, 6.45) is 1.45. The minimum atomic E-state index is -2.91. The minimum Gasteiger partial charge on any atom is -0.356 e. The average Bonchev–Trinajstić information content (AvgIpc) is 2.90. The minimum absolute atomic E-state index is 0. The zero-order valence-electron chi connectivity index (χ0n) is 15.8. The fraction of sp³-hybridized carbons (Fsp3) is 0.611. The van der Waals surface area contributed by atoms with Gasteiger partial charge in [-0.25, -0.2) is 8.42 Å². The molecule has 1 aliphatic heterocycles. The number of guanidine groups is 1. The van der Waals surface area contributed by atoms with Crippen molar-refractivity contribution >= 4 is 63.0 Å². The fourth-order valence-corrected chi connectivity index (χ4v) is 5.20. The van der Waals surface area contributed by atoms with Crippen LogP contribution in [0.2, 0.25) is 10.0 Å². The van der Waals surface area contributed by atoms with Gasteiger partial charge in [-0.3, -0.25) is 4.99 Å². The first-order valence-corrected chi connectivity index (χ1v) is 11.4. The highest BCUT2D eigenvalue weighted by molar-refractivity contribution is 14.0. The zero-order chi connectivity index (χ0) is 19.3. The van der Waals surface area contributed by atoms with Gasteiger partial charge in [0.15, 0.2) is 15.8 Å². The van der Waals surface area contributed by atoms with Gasteiger partial charge in [0.1, 0.15) is 0 Å². The van der Waals surface area contributed by atoms with Gasteiger partial charge in [-0.15, -0.1) is 24.0 Å². The average molecular weight is 548 g/mol. The van der Waals surface area contributed by atoms with Gasteiger partial charge in [-0.2, -0.15) is 0 Å². The lowest BCUT2D eigenvalue weighted by Crippen LogP contribution is -2.46. The topological polar surface area (TPSA) is 70.6 Å². The molecule has 1 saturated heterocycles. The highest BCUT2D eigenvalue weighted by atomic mass is 127. The number of benzene rings is 1. The van der Waals surface area contributed by atoms with Gasteiger partial charge in [-0.1, -0.05) is 43.1 Å². The molecular formula is C18H28Cl2IN3O2S. The Balaban J connectivity index is 0.00000364. The molecule has 1 heterocycles. The van der Waals surface area contributed by atoms with E-state index in [1.54, 1.807) is 13.1 Å². The lowest BCUT2D eigenvalue weighted by Gasteiger charge is -2.24. The summed E-state index contributed by atoms with van der Waals surface area (Å²) < 4.78 is 23.2. The van der Waals surface area contributed by atoms with Gasteiger partial charge >= 0.3 is 0 Å². The lowest BCUT2D eigenvalue weighted by molar-refractivity contribution is 0.377. The van der Waals surface area contributed by atoms with Crippen LogP contribution >= 0.6 is 47.2 Å². The van der Waals surface area contributed by atoms with Crippen LogP contribution in [0, 0.1) is 11.8 Å². The van der Waals surface area contributed by atoms with Gasteiger partial charge < -0.3 is 10.6 Å². The molecule has 1 aromatic carbocycles. The summed E-state index contributed by atoms with van der Waals surface area (Å²) in [6, 6.07) is 5.52. The number of nitrogens with one attached hydrogen (secondary N) is 2. The van der Waals surface area contributed by atoms with E-state index in [0.29, 0.717) is 34.3 Å². The Kier molecular flexibility index (Phi) is 10.2. The fourth-order valence-electron chi connectivity index (χ4n) is 3.04. The zero-order valence-corrected chi connectivity index (χ0v) is 20.5. The molecule has 154 valence electrons. The Morgan fingerprint density at radius 3 is 2.56 bits per heavy atom. The smallest absolute Gasteiger partial charge is 0.191 e. The van der Waals surface area contributed by atoms with Crippen LogP contribution in [-0.2, 0) is 16.3 Å².